The number of hydrogen-bond donors (Lipinski definition) is 0. The van der Waals surface area contributed by atoms with Crippen LogP contribution in [0, 0.1) is 0 Å². The lowest BCUT2D eigenvalue weighted by atomic mass is 10.0. The van der Waals surface area contributed by atoms with E-state index in [1.807, 2.05) is 52.0 Å². The van der Waals surface area contributed by atoms with Gasteiger partial charge in [0, 0.05) is 5.57 Å². The maximum atomic E-state index is 11.9. The fourth-order valence-electron chi connectivity index (χ4n) is 1.63. The predicted octanol–water partition coefficient (Wildman–Crippen LogP) is 3.91. The molecule has 0 aromatic heterocycles. The van der Waals surface area contributed by atoms with E-state index in [1.54, 1.807) is 0 Å². The van der Waals surface area contributed by atoms with Gasteiger partial charge in [0.1, 0.15) is 5.60 Å². The van der Waals surface area contributed by atoms with Crippen molar-refractivity contribution in [3.8, 4) is 0 Å². The van der Waals surface area contributed by atoms with E-state index >= 15 is 0 Å². The molecule has 0 N–H and O–H groups in total. The number of rotatable bonds is 4. The molecule has 1 aromatic rings. The lowest BCUT2D eigenvalue weighted by Crippen LogP contribution is -2.25. The molecule has 2 heteroatoms. The van der Waals surface area contributed by atoms with Gasteiger partial charge < -0.3 is 4.74 Å². The van der Waals surface area contributed by atoms with Gasteiger partial charge in [0.2, 0.25) is 0 Å². The van der Waals surface area contributed by atoms with Gasteiger partial charge in [-0.2, -0.15) is 0 Å². The Balaban J connectivity index is 2.56. The summed E-state index contributed by atoms with van der Waals surface area (Å²) < 4.78 is 5.37. The zero-order chi connectivity index (χ0) is 13.6. The van der Waals surface area contributed by atoms with Gasteiger partial charge in [0.15, 0.2) is 0 Å². The Morgan fingerprint density at radius 2 is 1.83 bits per heavy atom. The number of allylic oxidation sites excluding steroid dienone is 1. The molecule has 98 valence electrons. The largest absolute Gasteiger partial charge is 0.457 e. The van der Waals surface area contributed by atoms with Crippen LogP contribution in [0.25, 0.3) is 0 Å². The minimum Gasteiger partial charge on any atom is -0.457 e. The van der Waals surface area contributed by atoms with Gasteiger partial charge in [-0.3, -0.25) is 0 Å². The fraction of sp³-hybridized carbons (Fsp3) is 0.438. The molecule has 1 aromatic carbocycles. The molecule has 0 atom stereocenters. The van der Waals surface area contributed by atoms with Crippen molar-refractivity contribution >= 4 is 5.97 Å². The standard InChI is InChI=1S/C16H22O2/c1-5-14(15(17)18-16(2,3)4)12-11-13-9-7-6-8-10-13/h5-10H,11-12H2,1-4H3/b14-5+. The molecule has 18 heavy (non-hydrogen) atoms. The topological polar surface area (TPSA) is 26.3 Å². The number of carbonyl (C=O) groups excluding carboxylic acids is 1. The minimum absolute atomic E-state index is 0.207. The summed E-state index contributed by atoms with van der Waals surface area (Å²) in [5.41, 5.74) is 1.55. The lowest BCUT2D eigenvalue weighted by molar-refractivity contribution is -0.150. The highest BCUT2D eigenvalue weighted by molar-refractivity contribution is 5.88. The third kappa shape index (κ3) is 5.17. The van der Waals surface area contributed by atoms with Gasteiger partial charge in [0.05, 0.1) is 0 Å². The van der Waals surface area contributed by atoms with Gasteiger partial charge in [-0.25, -0.2) is 4.79 Å². The molecule has 0 fully saturated rings. The van der Waals surface area contributed by atoms with E-state index < -0.39 is 5.60 Å². The second kappa shape index (κ2) is 6.39. The molecule has 0 bridgehead atoms. The molecule has 0 aliphatic carbocycles. The van der Waals surface area contributed by atoms with Crippen LogP contribution in [0.3, 0.4) is 0 Å². The third-order valence-electron chi connectivity index (χ3n) is 2.54. The molecule has 0 saturated heterocycles. The van der Waals surface area contributed by atoms with Crippen LogP contribution in [-0.2, 0) is 16.0 Å². The van der Waals surface area contributed by atoms with E-state index in [2.05, 4.69) is 12.1 Å². The van der Waals surface area contributed by atoms with Gasteiger partial charge in [-0.15, -0.1) is 0 Å². The Bertz CT molecular complexity index is 410. The molecule has 0 unspecified atom stereocenters. The van der Waals surface area contributed by atoms with E-state index in [0.29, 0.717) is 0 Å². The summed E-state index contributed by atoms with van der Waals surface area (Å²) >= 11 is 0. The van der Waals surface area contributed by atoms with Crippen LogP contribution >= 0.6 is 0 Å². The molecule has 0 aliphatic rings. The second-order valence-corrected chi connectivity index (χ2v) is 5.30. The van der Waals surface area contributed by atoms with Crippen LogP contribution in [-0.4, -0.2) is 11.6 Å². The van der Waals surface area contributed by atoms with Crippen molar-refractivity contribution in [1.82, 2.24) is 0 Å². The maximum Gasteiger partial charge on any atom is 0.334 e. The first-order valence-corrected chi connectivity index (χ1v) is 6.35. The van der Waals surface area contributed by atoms with Crippen molar-refractivity contribution in [3.63, 3.8) is 0 Å². The Labute approximate surface area is 110 Å². The van der Waals surface area contributed by atoms with E-state index in [0.717, 1.165) is 18.4 Å². The fourth-order valence-corrected chi connectivity index (χ4v) is 1.63. The summed E-state index contributed by atoms with van der Waals surface area (Å²) in [6, 6.07) is 10.2. The molecule has 1 rings (SSSR count). The quantitative estimate of drug-likeness (QED) is 0.595. The summed E-state index contributed by atoms with van der Waals surface area (Å²) in [4.78, 5) is 11.9. The van der Waals surface area contributed by atoms with Gasteiger partial charge in [0.25, 0.3) is 0 Å². The highest BCUT2D eigenvalue weighted by Crippen LogP contribution is 2.15. The first kappa shape index (κ1) is 14.5. The second-order valence-electron chi connectivity index (χ2n) is 5.30. The van der Waals surface area contributed by atoms with Crippen LogP contribution in [0.1, 0.15) is 39.7 Å². The molecule has 0 saturated carbocycles. The van der Waals surface area contributed by atoms with E-state index in [-0.39, 0.29) is 5.97 Å². The number of hydrogen-bond acceptors (Lipinski definition) is 2. The molecule has 0 amide bonds. The first-order valence-electron chi connectivity index (χ1n) is 6.35. The molecular weight excluding hydrogens is 224 g/mol. The number of ether oxygens (including phenoxy) is 1. The van der Waals surface area contributed by atoms with E-state index in [1.165, 1.54) is 5.56 Å². The lowest BCUT2D eigenvalue weighted by Gasteiger charge is -2.20. The van der Waals surface area contributed by atoms with Crippen molar-refractivity contribution in [1.29, 1.82) is 0 Å². The van der Waals surface area contributed by atoms with Gasteiger partial charge in [-0.1, -0.05) is 36.4 Å². The smallest absolute Gasteiger partial charge is 0.334 e. The number of esters is 1. The molecule has 0 radical (unpaired) electrons. The van der Waals surface area contributed by atoms with E-state index in [4.69, 9.17) is 4.74 Å². The highest BCUT2D eigenvalue weighted by atomic mass is 16.6. The van der Waals surface area contributed by atoms with Gasteiger partial charge >= 0.3 is 5.97 Å². The molecule has 2 nitrogen and oxygen atoms in total. The summed E-state index contributed by atoms with van der Waals surface area (Å²) in [5, 5.41) is 0. The minimum atomic E-state index is -0.432. The van der Waals surface area contributed by atoms with Crippen molar-refractivity contribution in [2.24, 2.45) is 0 Å². The Morgan fingerprint density at radius 1 is 1.22 bits per heavy atom. The Hall–Kier alpha value is -1.57. The number of carbonyl (C=O) groups is 1. The third-order valence-corrected chi connectivity index (χ3v) is 2.54. The van der Waals surface area contributed by atoms with Crippen LogP contribution < -0.4 is 0 Å². The molecule has 0 aliphatic heterocycles. The molecule has 0 heterocycles. The average molecular weight is 246 g/mol. The van der Waals surface area contributed by atoms with Crippen LogP contribution in [0.4, 0.5) is 0 Å². The molecule has 0 spiro atoms. The summed E-state index contributed by atoms with van der Waals surface area (Å²) in [6.07, 6.45) is 3.42. The van der Waals surface area contributed by atoms with Gasteiger partial charge in [-0.05, 0) is 46.1 Å². The predicted molar refractivity (Wildman–Crippen MR) is 74.4 cm³/mol. The van der Waals surface area contributed by atoms with E-state index in [9.17, 15) is 4.79 Å². The normalized spacial score (nSPS) is 12.3. The van der Waals surface area contributed by atoms with Crippen LogP contribution in [0.5, 0.6) is 0 Å². The SMILES string of the molecule is C/C=C(\CCc1ccccc1)C(=O)OC(C)(C)C. The maximum absolute atomic E-state index is 11.9. The first-order chi connectivity index (χ1) is 8.42. The van der Waals surface area contributed by atoms with Crippen LogP contribution in [0.15, 0.2) is 42.0 Å². The van der Waals surface area contributed by atoms with Crippen molar-refractivity contribution in [2.45, 2.75) is 46.1 Å². The monoisotopic (exact) mass is 246 g/mol. The summed E-state index contributed by atoms with van der Waals surface area (Å²) in [6.45, 7) is 7.53. The zero-order valence-electron chi connectivity index (χ0n) is 11.7. The van der Waals surface area contributed by atoms with Crippen molar-refractivity contribution in [2.75, 3.05) is 0 Å². The Kier molecular flexibility index (Phi) is 5.14. The van der Waals surface area contributed by atoms with Crippen molar-refractivity contribution in [3.05, 3.63) is 47.5 Å². The van der Waals surface area contributed by atoms with Crippen molar-refractivity contribution < 1.29 is 9.53 Å². The average Bonchev–Trinajstić information content (AvgIpc) is 2.29. The summed E-state index contributed by atoms with van der Waals surface area (Å²) in [7, 11) is 0. The summed E-state index contributed by atoms with van der Waals surface area (Å²) in [5.74, 6) is -0.207. The highest BCUT2D eigenvalue weighted by Gasteiger charge is 2.18. The number of benzene rings is 1. The Morgan fingerprint density at radius 3 is 2.33 bits per heavy atom. The zero-order valence-corrected chi connectivity index (χ0v) is 11.7. The van der Waals surface area contributed by atoms with Crippen LogP contribution in [0.2, 0.25) is 0 Å². The number of aryl methyl sites for hydroxylation is 1. The molecular formula is C16H22O2.